The summed E-state index contributed by atoms with van der Waals surface area (Å²) in [6.45, 7) is 7.38. The third-order valence-electron chi connectivity index (χ3n) is 5.28. The Hall–Kier alpha value is -1.62. The van der Waals surface area contributed by atoms with Gasteiger partial charge in [-0.15, -0.1) is 0 Å². The van der Waals surface area contributed by atoms with Crippen molar-refractivity contribution in [1.82, 2.24) is 4.90 Å². The molecule has 0 heterocycles. The minimum Gasteiger partial charge on any atom is -0.465 e. The van der Waals surface area contributed by atoms with E-state index in [1.807, 2.05) is 19.0 Å². The Morgan fingerprint density at radius 1 is 0.758 bits per heavy atom. The quantitative estimate of drug-likeness (QED) is 0.102. The highest BCUT2D eigenvalue weighted by Gasteiger charge is 2.10. The molecule has 0 rings (SSSR count). The Morgan fingerprint density at radius 3 is 1.85 bits per heavy atom. The number of ether oxygens (including phenoxy) is 2. The first-order chi connectivity index (χ1) is 16.0. The molecule has 5 nitrogen and oxygen atoms in total. The Balaban J connectivity index is 3.49. The second-order valence-electron chi connectivity index (χ2n) is 9.12. The van der Waals surface area contributed by atoms with Gasteiger partial charge in [0.25, 0.3) is 0 Å². The zero-order valence-electron chi connectivity index (χ0n) is 21.7. The van der Waals surface area contributed by atoms with Gasteiger partial charge in [-0.1, -0.05) is 63.3 Å². The molecule has 0 aliphatic rings. The number of allylic oxidation sites excluding steroid dienone is 4. The van der Waals surface area contributed by atoms with Crippen LogP contribution in [-0.4, -0.2) is 50.7 Å². The van der Waals surface area contributed by atoms with Crippen molar-refractivity contribution in [3.63, 3.8) is 0 Å². The molecule has 0 fully saturated rings. The Bertz CT molecular complexity index is 528. The van der Waals surface area contributed by atoms with Crippen LogP contribution in [0.5, 0.6) is 0 Å². The summed E-state index contributed by atoms with van der Waals surface area (Å²) >= 11 is 0. The van der Waals surface area contributed by atoms with Crippen molar-refractivity contribution in [3.05, 3.63) is 31.2 Å². The first-order valence-corrected chi connectivity index (χ1v) is 13.0. The molecular weight excluding hydrogens is 414 g/mol. The van der Waals surface area contributed by atoms with Crippen molar-refractivity contribution >= 4 is 11.9 Å². The fourth-order valence-corrected chi connectivity index (χ4v) is 3.23. The first-order valence-electron chi connectivity index (χ1n) is 13.0. The Labute approximate surface area is 204 Å². The third kappa shape index (κ3) is 24.8. The molecule has 0 aliphatic carbocycles. The van der Waals surface area contributed by atoms with Crippen LogP contribution in [0.4, 0.5) is 0 Å². The van der Waals surface area contributed by atoms with Gasteiger partial charge >= 0.3 is 11.9 Å². The van der Waals surface area contributed by atoms with Gasteiger partial charge in [0, 0.05) is 18.8 Å². The number of nitrogens with zero attached hydrogens (tertiary/aromatic N) is 1. The molecule has 0 aliphatic heterocycles. The lowest BCUT2D eigenvalue weighted by atomic mass is 10.1. The van der Waals surface area contributed by atoms with E-state index in [4.69, 9.17) is 9.47 Å². The summed E-state index contributed by atoms with van der Waals surface area (Å²) in [7, 11) is 3.95. The van der Waals surface area contributed by atoms with Gasteiger partial charge in [-0.2, -0.15) is 0 Å². The van der Waals surface area contributed by atoms with Crippen LogP contribution in [-0.2, 0) is 19.1 Å². The van der Waals surface area contributed by atoms with Crippen molar-refractivity contribution in [3.8, 4) is 0 Å². The number of unbranched alkanes of at least 4 members (excludes halogenated alkanes) is 8. The molecule has 0 aromatic rings. The van der Waals surface area contributed by atoms with Crippen molar-refractivity contribution in [2.45, 2.75) is 96.8 Å². The second-order valence-corrected chi connectivity index (χ2v) is 9.12. The van der Waals surface area contributed by atoms with Gasteiger partial charge in [-0.25, -0.2) is 0 Å². The number of carbonyl (C=O) groups excluding carboxylic acids is 2. The summed E-state index contributed by atoms with van der Waals surface area (Å²) in [4.78, 5) is 25.5. The monoisotopic (exact) mass is 464 g/mol. The maximum Gasteiger partial charge on any atom is 0.305 e. The van der Waals surface area contributed by atoms with E-state index in [-0.39, 0.29) is 31.1 Å². The van der Waals surface area contributed by atoms with Crippen molar-refractivity contribution in [2.75, 3.05) is 33.9 Å². The van der Waals surface area contributed by atoms with E-state index in [1.54, 1.807) is 0 Å². The number of hydrogen-bond donors (Lipinski definition) is 0. The van der Waals surface area contributed by atoms with Crippen LogP contribution < -0.4 is 0 Å². The molecule has 1 radical (unpaired) electrons. The lowest BCUT2D eigenvalue weighted by Crippen LogP contribution is -2.19. The van der Waals surface area contributed by atoms with Gasteiger partial charge < -0.3 is 14.4 Å². The average molecular weight is 465 g/mol. The van der Waals surface area contributed by atoms with Crippen LogP contribution >= 0.6 is 0 Å². The molecule has 1 atom stereocenters. The van der Waals surface area contributed by atoms with Crippen molar-refractivity contribution < 1.29 is 19.1 Å². The summed E-state index contributed by atoms with van der Waals surface area (Å²) in [5.41, 5.74) is 0. The molecule has 33 heavy (non-hydrogen) atoms. The molecule has 0 bridgehead atoms. The maximum atomic E-state index is 11.8. The van der Waals surface area contributed by atoms with E-state index in [0.29, 0.717) is 12.8 Å². The molecule has 0 aromatic carbocycles. The lowest BCUT2D eigenvalue weighted by Gasteiger charge is -2.13. The number of esters is 2. The minimum atomic E-state index is -0.226. The van der Waals surface area contributed by atoms with E-state index in [1.165, 1.54) is 38.5 Å². The van der Waals surface area contributed by atoms with Crippen LogP contribution in [0.15, 0.2) is 24.3 Å². The highest BCUT2D eigenvalue weighted by atomic mass is 16.5. The van der Waals surface area contributed by atoms with Crippen LogP contribution in [0.1, 0.15) is 96.8 Å². The number of rotatable bonds is 22. The normalized spacial score (nSPS) is 12.6. The number of carbonyl (C=O) groups is 2. The van der Waals surface area contributed by atoms with E-state index in [9.17, 15) is 9.59 Å². The van der Waals surface area contributed by atoms with Gasteiger partial charge in [0.05, 0.1) is 13.2 Å². The Morgan fingerprint density at radius 2 is 1.27 bits per heavy atom. The van der Waals surface area contributed by atoms with Gasteiger partial charge in [-0.05, 0) is 72.5 Å². The highest BCUT2D eigenvalue weighted by Crippen LogP contribution is 2.09. The second kappa shape index (κ2) is 23.5. The molecule has 0 aromatic heterocycles. The van der Waals surface area contributed by atoms with Crippen LogP contribution in [0.3, 0.4) is 0 Å². The zero-order chi connectivity index (χ0) is 24.6. The largest absolute Gasteiger partial charge is 0.465 e. The summed E-state index contributed by atoms with van der Waals surface area (Å²) in [5.74, 6) is -0.634. The molecule has 0 spiro atoms. The fraction of sp³-hybridized carbons (Fsp3) is 0.750. The summed E-state index contributed by atoms with van der Waals surface area (Å²) < 4.78 is 10.4. The SMILES string of the molecule is [CH2]C(COC(=O)CCCCCCC/C=C\C/C=C\CCCCC)COC(=O)CCCN(C)C. The molecule has 0 N–H and O–H groups in total. The van der Waals surface area contributed by atoms with E-state index < -0.39 is 0 Å². The van der Waals surface area contributed by atoms with E-state index in [2.05, 4.69) is 38.2 Å². The van der Waals surface area contributed by atoms with Gasteiger partial charge in [0.15, 0.2) is 0 Å². The van der Waals surface area contributed by atoms with Crippen LogP contribution in [0.25, 0.3) is 0 Å². The van der Waals surface area contributed by atoms with Gasteiger partial charge in [-0.3, -0.25) is 9.59 Å². The number of hydrogen-bond acceptors (Lipinski definition) is 5. The van der Waals surface area contributed by atoms with E-state index >= 15 is 0 Å². The topological polar surface area (TPSA) is 55.8 Å². The molecule has 191 valence electrons. The van der Waals surface area contributed by atoms with E-state index in [0.717, 1.165) is 45.1 Å². The molecule has 0 amide bonds. The zero-order valence-corrected chi connectivity index (χ0v) is 21.7. The standard InChI is InChI=1S/C28H50NO4/c1-5-6-7-8-9-10-11-12-13-14-15-16-17-18-19-21-27(30)32-24-26(2)25-33-28(31)22-20-23-29(3)4/h9-10,12-13,26H,2,5-8,11,14-25H2,1,3-4H3/b10-9-,13-12-. The fourth-order valence-electron chi connectivity index (χ4n) is 3.23. The van der Waals surface area contributed by atoms with Gasteiger partial charge in [0.1, 0.15) is 0 Å². The predicted molar refractivity (Wildman–Crippen MR) is 138 cm³/mol. The molecule has 5 heteroatoms. The first kappa shape index (κ1) is 31.4. The van der Waals surface area contributed by atoms with Crippen LogP contribution in [0.2, 0.25) is 0 Å². The highest BCUT2D eigenvalue weighted by molar-refractivity contribution is 5.69. The summed E-state index contributed by atoms with van der Waals surface area (Å²) in [6, 6.07) is 0. The lowest BCUT2D eigenvalue weighted by molar-refractivity contribution is -0.148. The Kier molecular flexibility index (Phi) is 22.4. The van der Waals surface area contributed by atoms with Crippen molar-refractivity contribution in [2.24, 2.45) is 5.92 Å². The molecular formula is C28H50NO4. The maximum absolute atomic E-state index is 11.8. The molecule has 1 unspecified atom stereocenters. The third-order valence-corrected chi connectivity index (χ3v) is 5.28. The predicted octanol–water partition coefficient (Wildman–Crippen LogP) is 6.68. The summed E-state index contributed by atoms with van der Waals surface area (Å²) in [6.07, 6.45) is 23.5. The van der Waals surface area contributed by atoms with Crippen LogP contribution in [0, 0.1) is 12.8 Å². The van der Waals surface area contributed by atoms with Gasteiger partial charge in [0.2, 0.25) is 0 Å². The smallest absolute Gasteiger partial charge is 0.305 e. The molecule has 0 saturated carbocycles. The summed E-state index contributed by atoms with van der Waals surface area (Å²) in [5, 5.41) is 0. The van der Waals surface area contributed by atoms with Crippen molar-refractivity contribution in [1.29, 1.82) is 0 Å². The average Bonchev–Trinajstić information content (AvgIpc) is 2.78. The minimum absolute atomic E-state index is 0.188. The molecule has 0 saturated heterocycles.